The van der Waals surface area contributed by atoms with Gasteiger partial charge in [-0.1, -0.05) is 23.7 Å². The van der Waals surface area contributed by atoms with Gasteiger partial charge in [0.2, 0.25) is 5.91 Å². The largest absolute Gasteiger partial charge is 0.381 e. The molecule has 1 heterocycles. The van der Waals surface area contributed by atoms with Crippen molar-refractivity contribution < 1.29 is 9.53 Å². The highest BCUT2D eigenvalue weighted by atomic mass is 35.5. The van der Waals surface area contributed by atoms with E-state index >= 15 is 0 Å². The maximum Gasteiger partial charge on any atom is 0.223 e. The Morgan fingerprint density at radius 1 is 1.44 bits per heavy atom. The van der Waals surface area contributed by atoms with Gasteiger partial charge in [0.05, 0.1) is 6.04 Å². The third-order valence-corrected chi connectivity index (χ3v) is 3.53. The average molecular weight is 268 g/mol. The minimum Gasteiger partial charge on any atom is -0.381 e. The first kappa shape index (κ1) is 13.4. The molecular formula is C14H18ClNO2. The van der Waals surface area contributed by atoms with Crippen LogP contribution in [0.3, 0.4) is 0 Å². The van der Waals surface area contributed by atoms with Gasteiger partial charge in [-0.3, -0.25) is 4.79 Å². The Bertz CT molecular complexity index is 416. The monoisotopic (exact) mass is 267 g/mol. The summed E-state index contributed by atoms with van der Waals surface area (Å²) in [5, 5.41) is 3.73. The summed E-state index contributed by atoms with van der Waals surface area (Å²) in [6, 6.07) is 7.57. The van der Waals surface area contributed by atoms with Crippen LogP contribution in [-0.2, 0) is 9.53 Å². The highest BCUT2D eigenvalue weighted by molar-refractivity contribution is 6.30. The SMILES string of the molecule is C[C@@H](NC(=O)C1CCOCC1)c1cccc(Cl)c1. The molecule has 1 N–H and O–H groups in total. The first-order valence-electron chi connectivity index (χ1n) is 6.30. The zero-order chi connectivity index (χ0) is 13.0. The summed E-state index contributed by atoms with van der Waals surface area (Å²) in [7, 11) is 0. The lowest BCUT2D eigenvalue weighted by atomic mass is 9.98. The second-order valence-electron chi connectivity index (χ2n) is 4.67. The molecule has 0 bridgehead atoms. The first-order valence-corrected chi connectivity index (χ1v) is 6.68. The van der Waals surface area contributed by atoms with Gasteiger partial charge in [-0.2, -0.15) is 0 Å². The van der Waals surface area contributed by atoms with Gasteiger partial charge >= 0.3 is 0 Å². The van der Waals surface area contributed by atoms with E-state index in [4.69, 9.17) is 16.3 Å². The van der Waals surface area contributed by atoms with Gasteiger partial charge < -0.3 is 10.1 Å². The molecule has 0 unspecified atom stereocenters. The Kier molecular flexibility index (Phi) is 4.61. The molecule has 3 nitrogen and oxygen atoms in total. The Hall–Kier alpha value is -1.06. The maximum absolute atomic E-state index is 12.1. The highest BCUT2D eigenvalue weighted by Crippen LogP contribution is 2.20. The summed E-state index contributed by atoms with van der Waals surface area (Å²) in [6.07, 6.45) is 1.63. The minimum absolute atomic E-state index is 0.0148. The van der Waals surface area contributed by atoms with E-state index in [0.717, 1.165) is 18.4 Å². The van der Waals surface area contributed by atoms with Gasteiger partial charge in [-0.25, -0.2) is 0 Å². The topological polar surface area (TPSA) is 38.3 Å². The number of hydrogen-bond acceptors (Lipinski definition) is 2. The summed E-state index contributed by atoms with van der Waals surface area (Å²) in [4.78, 5) is 12.1. The highest BCUT2D eigenvalue weighted by Gasteiger charge is 2.22. The molecule has 0 aliphatic carbocycles. The summed E-state index contributed by atoms with van der Waals surface area (Å²) in [5.74, 6) is 0.200. The van der Waals surface area contributed by atoms with Crippen molar-refractivity contribution >= 4 is 17.5 Å². The maximum atomic E-state index is 12.1. The van der Waals surface area contributed by atoms with Crippen molar-refractivity contribution in [2.24, 2.45) is 5.92 Å². The number of carbonyl (C=O) groups is 1. The van der Waals surface area contributed by atoms with Gasteiger partial charge in [-0.05, 0) is 37.5 Å². The van der Waals surface area contributed by atoms with Crippen LogP contribution in [0.4, 0.5) is 0 Å². The smallest absolute Gasteiger partial charge is 0.223 e. The third kappa shape index (κ3) is 3.47. The van der Waals surface area contributed by atoms with Crippen LogP contribution in [0.25, 0.3) is 0 Å². The number of ether oxygens (including phenoxy) is 1. The van der Waals surface area contributed by atoms with Gasteiger partial charge in [0.15, 0.2) is 0 Å². The average Bonchev–Trinajstić information content (AvgIpc) is 2.39. The van der Waals surface area contributed by atoms with Gasteiger partial charge in [-0.15, -0.1) is 0 Å². The first-order chi connectivity index (χ1) is 8.66. The second-order valence-corrected chi connectivity index (χ2v) is 5.11. The molecule has 1 saturated heterocycles. The fraction of sp³-hybridized carbons (Fsp3) is 0.500. The Morgan fingerprint density at radius 3 is 2.83 bits per heavy atom. The van der Waals surface area contributed by atoms with Crippen molar-refractivity contribution in [1.82, 2.24) is 5.32 Å². The predicted octanol–water partition coefficient (Wildman–Crippen LogP) is 2.94. The zero-order valence-corrected chi connectivity index (χ0v) is 11.2. The molecule has 1 aliphatic heterocycles. The molecule has 1 aromatic rings. The summed E-state index contributed by atoms with van der Waals surface area (Å²) < 4.78 is 5.26. The summed E-state index contributed by atoms with van der Waals surface area (Å²) >= 11 is 5.94. The Labute approximate surface area is 112 Å². The molecule has 4 heteroatoms. The fourth-order valence-corrected chi connectivity index (χ4v) is 2.35. The van der Waals surface area contributed by atoms with E-state index in [1.54, 1.807) is 0 Å². The van der Waals surface area contributed by atoms with Crippen LogP contribution in [0.15, 0.2) is 24.3 Å². The van der Waals surface area contributed by atoms with Crippen LogP contribution < -0.4 is 5.32 Å². The fourth-order valence-electron chi connectivity index (χ4n) is 2.15. The number of nitrogens with one attached hydrogen (secondary N) is 1. The number of hydrogen-bond donors (Lipinski definition) is 1. The lowest BCUT2D eigenvalue weighted by molar-refractivity contribution is -0.128. The summed E-state index contributed by atoms with van der Waals surface area (Å²) in [5.41, 5.74) is 1.03. The van der Waals surface area contributed by atoms with E-state index in [9.17, 15) is 4.79 Å². The van der Waals surface area contributed by atoms with Crippen molar-refractivity contribution in [1.29, 1.82) is 0 Å². The van der Waals surface area contributed by atoms with E-state index in [2.05, 4.69) is 5.32 Å². The minimum atomic E-state index is -0.0148. The second kappa shape index (κ2) is 6.21. The number of carbonyl (C=O) groups excluding carboxylic acids is 1. The van der Waals surface area contributed by atoms with Crippen molar-refractivity contribution in [3.8, 4) is 0 Å². The molecule has 0 aromatic heterocycles. The van der Waals surface area contributed by atoms with E-state index in [-0.39, 0.29) is 17.9 Å². The zero-order valence-electron chi connectivity index (χ0n) is 10.5. The number of amides is 1. The summed E-state index contributed by atoms with van der Waals surface area (Å²) in [6.45, 7) is 3.34. The normalized spacial score (nSPS) is 18.3. The Morgan fingerprint density at radius 2 is 2.17 bits per heavy atom. The van der Waals surface area contributed by atoms with Crippen LogP contribution in [0.5, 0.6) is 0 Å². The molecule has 1 aromatic carbocycles. The van der Waals surface area contributed by atoms with Crippen LogP contribution >= 0.6 is 11.6 Å². The van der Waals surface area contributed by atoms with E-state index < -0.39 is 0 Å². The molecule has 18 heavy (non-hydrogen) atoms. The molecule has 0 saturated carbocycles. The van der Waals surface area contributed by atoms with E-state index in [0.29, 0.717) is 18.2 Å². The van der Waals surface area contributed by atoms with Crippen molar-refractivity contribution in [3.05, 3.63) is 34.9 Å². The quantitative estimate of drug-likeness (QED) is 0.914. The van der Waals surface area contributed by atoms with Gasteiger partial charge in [0, 0.05) is 24.2 Å². The van der Waals surface area contributed by atoms with Crippen molar-refractivity contribution in [3.63, 3.8) is 0 Å². The van der Waals surface area contributed by atoms with Crippen LogP contribution in [0.2, 0.25) is 5.02 Å². The molecule has 1 atom stereocenters. The number of rotatable bonds is 3. The molecular weight excluding hydrogens is 250 g/mol. The van der Waals surface area contributed by atoms with Gasteiger partial charge in [0.1, 0.15) is 0 Å². The molecule has 2 rings (SSSR count). The standard InChI is InChI=1S/C14H18ClNO2/c1-10(12-3-2-4-13(15)9-12)16-14(17)11-5-7-18-8-6-11/h2-4,9-11H,5-8H2,1H3,(H,16,17)/t10-/m1/s1. The van der Waals surface area contributed by atoms with Gasteiger partial charge in [0.25, 0.3) is 0 Å². The van der Waals surface area contributed by atoms with Crippen molar-refractivity contribution in [2.75, 3.05) is 13.2 Å². The van der Waals surface area contributed by atoms with Crippen LogP contribution in [-0.4, -0.2) is 19.1 Å². The van der Waals surface area contributed by atoms with Crippen LogP contribution in [0.1, 0.15) is 31.4 Å². The molecule has 98 valence electrons. The lowest BCUT2D eigenvalue weighted by Crippen LogP contribution is -2.35. The van der Waals surface area contributed by atoms with E-state index in [1.807, 2.05) is 31.2 Å². The lowest BCUT2D eigenvalue weighted by Gasteiger charge is -2.23. The molecule has 0 radical (unpaired) electrons. The Balaban J connectivity index is 1.94. The molecule has 1 aliphatic rings. The molecule has 1 fully saturated rings. The van der Waals surface area contributed by atoms with Crippen LogP contribution in [0, 0.1) is 5.92 Å². The van der Waals surface area contributed by atoms with Crippen molar-refractivity contribution in [2.45, 2.75) is 25.8 Å². The number of halogens is 1. The molecule has 1 amide bonds. The van der Waals surface area contributed by atoms with E-state index in [1.165, 1.54) is 0 Å². The predicted molar refractivity (Wildman–Crippen MR) is 71.6 cm³/mol. The third-order valence-electron chi connectivity index (χ3n) is 3.30. The molecule has 0 spiro atoms. The number of benzene rings is 1.